The monoisotopic (exact) mass is 211 g/mol. The molecule has 1 aliphatic heterocycles. The normalized spacial score (nSPS) is 27.6. The van der Waals surface area contributed by atoms with E-state index in [1.165, 1.54) is 5.56 Å². The second-order valence-corrected chi connectivity index (χ2v) is 4.12. The summed E-state index contributed by atoms with van der Waals surface area (Å²) < 4.78 is 5.71. The summed E-state index contributed by atoms with van der Waals surface area (Å²) in [6, 6.07) is 8.30. The third kappa shape index (κ3) is 2.27. The topological polar surface area (TPSA) is 21.3 Å². The maximum Gasteiger partial charge on any atom is 0.0950 e. The maximum atomic E-state index is 5.82. The molecule has 1 aliphatic rings. The lowest BCUT2D eigenvalue weighted by atomic mass is 10.1. The van der Waals surface area contributed by atoms with Gasteiger partial charge in [-0.05, 0) is 24.6 Å². The summed E-state index contributed by atoms with van der Waals surface area (Å²) in [5.41, 5.74) is 1.19. The Hall–Kier alpha value is -0.570. The Balaban J connectivity index is 2.05. The summed E-state index contributed by atoms with van der Waals surface area (Å²) in [5.74, 6) is 0. The molecule has 0 bridgehead atoms. The van der Waals surface area contributed by atoms with E-state index in [1.807, 2.05) is 24.3 Å². The van der Waals surface area contributed by atoms with Crippen molar-refractivity contribution in [2.24, 2.45) is 0 Å². The fraction of sp³-hybridized carbons (Fsp3) is 0.455. The van der Waals surface area contributed by atoms with Crippen molar-refractivity contribution < 1.29 is 4.74 Å². The Kier molecular flexibility index (Phi) is 3.06. The van der Waals surface area contributed by atoms with Gasteiger partial charge < -0.3 is 10.1 Å². The molecule has 2 nitrogen and oxygen atoms in total. The van der Waals surface area contributed by atoms with Gasteiger partial charge in [0, 0.05) is 17.6 Å². The first-order chi connectivity index (χ1) is 6.75. The SMILES string of the molecule is C[C@H]1CO[C@H](c2ccc(Cl)cc2)CN1. The van der Waals surface area contributed by atoms with Crippen LogP contribution in [0.2, 0.25) is 5.02 Å². The average Bonchev–Trinajstić information content (AvgIpc) is 2.21. The molecule has 0 radical (unpaired) electrons. The summed E-state index contributed by atoms with van der Waals surface area (Å²) in [6.07, 6.45) is 0.170. The molecule has 0 aromatic heterocycles. The summed E-state index contributed by atoms with van der Waals surface area (Å²) in [5, 5.41) is 4.16. The number of halogens is 1. The third-order valence-corrected chi connectivity index (χ3v) is 2.69. The molecular weight excluding hydrogens is 198 g/mol. The highest BCUT2D eigenvalue weighted by Gasteiger charge is 2.18. The van der Waals surface area contributed by atoms with Gasteiger partial charge in [0.15, 0.2) is 0 Å². The Morgan fingerprint density at radius 2 is 2.07 bits per heavy atom. The summed E-state index contributed by atoms with van der Waals surface area (Å²) in [4.78, 5) is 0. The lowest BCUT2D eigenvalue weighted by Gasteiger charge is -2.28. The van der Waals surface area contributed by atoms with Gasteiger partial charge in [-0.1, -0.05) is 23.7 Å². The van der Waals surface area contributed by atoms with Crippen molar-refractivity contribution >= 4 is 11.6 Å². The van der Waals surface area contributed by atoms with Gasteiger partial charge in [-0.2, -0.15) is 0 Å². The van der Waals surface area contributed by atoms with Gasteiger partial charge in [0.1, 0.15) is 0 Å². The van der Waals surface area contributed by atoms with Gasteiger partial charge in [0.2, 0.25) is 0 Å². The minimum atomic E-state index is 0.170. The molecule has 1 aromatic rings. The minimum absolute atomic E-state index is 0.170. The molecular formula is C11H14ClNO. The molecule has 3 heteroatoms. The standard InChI is InChI=1S/C11H14ClNO/c1-8-7-14-11(6-13-8)9-2-4-10(12)5-3-9/h2-5,8,11,13H,6-7H2,1H3/t8-,11-/m0/s1. The van der Waals surface area contributed by atoms with Crippen LogP contribution in [0.5, 0.6) is 0 Å². The van der Waals surface area contributed by atoms with Crippen LogP contribution in [0.3, 0.4) is 0 Å². The van der Waals surface area contributed by atoms with Gasteiger partial charge >= 0.3 is 0 Å². The summed E-state index contributed by atoms with van der Waals surface area (Å²) in [6.45, 7) is 3.77. The van der Waals surface area contributed by atoms with Crippen LogP contribution >= 0.6 is 11.6 Å². The highest BCUT2D eigenvalue weighted by Crippen LogP contribution is 2.21. The zero-order valence-electron chi connectivity index (χ0n) is 8.16. The molecule has 0 amide bonds. The molecule has 76 valence electrons. The number of hydrogen-bond acceptors (Lipinski definition) is 2. The number of rotatable bonds is 1. The van der Waals surface area contributed by atoms with Crippen molar-refractivity contribution in [3.8, 4) is 0 Å². The molecule has 0 aliphatic carbocycles. The fourth-order valence-corrected chi connectivity index (χ4v) is 1.70. The smallest absolute Gasteiger partial charge is 0.0950 e. The Morgan fingerprint density at radius 1 is 1.36 bits per heavy atom. The molecule has 1 fully saturated rings. The number of nitrogens with one attached hydrogen (secondary N) is 1. The van der Waals surface area contributed by atoms with Gasteiger partial charge in [-0.15, -0.1) is 0 Å². The first kappa shape index (κ1) is 9.97. The molecule has 0 saturated carbocycles. The molecule has 14 heavy (non-hydrogen) atoms. The van der Waals surface area contributed by atoms with E-state index in [-0.39, 0.29) is 6.10 Å². The van der Waals surface area contributed by atoms with Crippen LogP contribution in [-0.4, -0.2) is 19.2 Å². The van der Waals surface area contributed by atoms with Gasteiger partial charge in [-0.3, -0.25) is 0 Å². The second-order valence-electron chi connectivity index (χ2n) is 3.68. The van der Waals surface area contributed by atoms with Crippen molar-refractivity contribution in [1.82, 2.24) is 5.32 Å². The van der Waals surface area contributed by atoms with E-state index in [0.717, 1.165) is 18.2 Å². The number of morpholine rings is 1. The highest BCUT2D eigenvalue weighted by atomic mass is 35.5. The number of ether oxygens (including phenoxy) is 1. The molecule has 2 atom stereocenters. The first-order valence-electron chi connectivity index (χ1n) is 4.86. The lowest BCUT2D eigenvalue weighted by Crippen LogP contribution is -2.40. The van der Waals surface area contributed by atoms with E-state index < -0.39 is 0 Å². The van der Waals surface area contributed by atoms with Crippen LogP contribution in [0.4, 0.5) is 0 Å². The molecule has 2 rings (SSSR count). The highest BCUT2D eigenvalue weighted by molar-refractivity contribution is 6.30. The predicted octanol–water partition coefficient (Wildman–Crippen LogP) is 2.39. The molecule has 1 saturated heterocycles. The van der Waals surface area contributed by atoms with Crippen LogP contribution in [0.1, 0.15) is 18.6 Å². The van der Waals surface area contributed by atoms with Crippen molar-refractivity contribution in [3.63, 3.8) is 0 Å². The molecule has 0 spiro atoms. The van der Waals surface area contributed by atoms with Crippen LogP contribution in [0, 0.1) is 0 Å². The van der Waals surface area contributed by atoms with E-state index in [1.54, 1.807) is 0 Å². The fourth-order valence-electron chi connectivity index (χ4n) is 1.58. The van der Waals surface area contributed by atoms with E-state index in [0.29, 0.717) is 6.04 Å². The number of hydrogen-bond donors (Lipinski definition) is 1. The van der Waals surface area contributed by atoms with Crippen molar-refractivity contribution in [3.05, 3.63) is 34.9 Å². The Labute approximate surface area is 89.2 Å². The quantitative estimate of drug-likeness (QED) is 0.770. The van der Waals surface area contributed by atoms with E-state index in [4.69, 9.17) is 16.3 Å². The zero-order chi connectivity index (χ0) is 9.97. The minimum Gasteiger partial charge on any atom is -0.371 e. The third-order valence-electron chi connectivity index (χ3n) is 2.44. The van der Waals surface area contributed by atoms with Crippen LogP contribution in [-0.2, 0) is 4.74 Å². The maximum absolute atomic E-state index is 5.82. The summed E-state index contributed by atoms with van der Waals surface area (Å²) >= 11 is 5.82. The van der Waals surface area contributed by atoms with Crippen molar-refractivity contribution in [2.45, 2.75) is 19.1 Å². The van der Waals surface area contributed by atoms with E-state index >= 15 is 0 Å². The van der Waals surface area contributed by atoms with Gasteiger partial charge in [0.25, 0.3) is 0 Å². The average molecular weight is 212 g/mol. The summed E-state index contributed by atoms with van der Waals surface area (Å²) in [7, 11) is 0. The van der Waals surface area contributed by atoms with Crippen molar-refractivity contribution in [2.75, 3.05) is 13.2 Å². The Bertz CT molecular complexity index is 291. The first-order valence-corrected chi connectivity index (χ1v) is 5.24. The second kappa shape index (κ2) is 4.30. The van der Waals surface area contributed by atoms with E-state index in [2.05, 4.69) is 12.2 Å². The van der Waals surface area contributed by atoms with Crippen molar-refractivity contribution in [1.29, 1.82) is 0 Å². The predicted molar refractivity (Wildman–Crippen MR) is 57.6 cm³/mol. The van der Waals surface area contributed by atoms with E-state index in [9.17, 15) is 0 Å². The molecule has 1 aromatic carbocycles. The van der Waals surface area contributed by atoms with Gasteiger partial charge in [-0.25, -0.2) is 0 Å². The van der Waals surface area contributed by atoms with Crippen LogP contribution in [0.15, 0.2) is 24.3 Å². The molecule has 1 heterocycles. The molecule has 0 unspecified atom stereocenters. The van der Waals surface area contributed by atoms with Crippen LogP contribution in [0.25, 0.3) is 0 Å². The Morgan fingerprint density at radius 3 is 2.64 bits per heavy atom. The largest absolute Gasteiger partial charge is 0.371 e. The van der Waals surface area contributed by atoms with Crippen LogP contribution < -0.4 is 5.32 Å². The number of benzene rings is 1. The zero-order valence-corrected chi connectivity index (χ0v) is 8.92. The lowest BCUT2D eigenvalue weighted by molar-refractivity contribution is 0.00695. The van der Waals surface area contributed by atoms with Gasteiger partial charge in [0.05, 0.1) is 12.7 Å². The molecule has 1 N–H and O–H groups in total.